The second-order valence-electron chi connectivity index (χ2n) is 12.5. The number of esters is 2. The number of aliphatic carboxylic acids is 1. The van der Waals surface area contributed by atoms with E-state index in [-0.39, 0.29) is 36.2 Å². The first-order valence-corrected chi connectivity index (χ1v) is 17.2. The van der Waals surface area contributed by atoms with Gasteiger partial charge >= 0.3 is 17.9 Å². The van der Waals surface area contributed by atoms with Crippen LogP contribution in [0.25, 0.3) is 0 Å². The fourth-order valence-corrected chi connectivity index (χ4v) is 4.63. The van der Waals surface area contributed by atoms with Crippen LogP contribution in [0.2, 0.25) is 0 Å². The van der Waals surface area contributed by atoms with Gasteiger partial charge in [0.2, 0.25) is 0 Å². The average molecular weight is 635 g/mol. The lowest BCUT2D eigenvalue weighted by molar-refractivity contribution is -0.887. The largest absolute Gasteiger partial charge is 0.477 e. The first-order chi connectivity index (χ1) is 21.6. The van der Waals surface area contributed by atoms with E-state index in [1.807, 2.05) is 57.6 Å². The summed E-state index contributed by atoms with van der Waals surface area (Å²) < 4.78 is 17.1. The number of nitrogens with zero attached hydrogens (tertiary/aromatic N) is 1. The Kier molecular flexibility index (Phi) is 27.0. The van der Waals surface area contributed by atoms with Crippen molar-refractivity contribution in [1.82, 2.24) is 0 Å². The van der Waals surface area contributed by atoms with Gasteiger partial charge in [0.05, 0.1) is 34.4 Å². The van der Waals surface area contributed by atoms with E-state index < -0.39 is 18.1 Å². The molecule has 258 valence electrons. The van der Waals surface area contributed by atoms with E-state index in [9.17, 15) is 19.5 Å². The highest BCUT2D eigenvalue weighted by Gasteiger charge is 2.31. The highest BCUT2D eigenvalue weighted by Crippen LogP contribution is 2.12. The van der Waals surface area contributed by atoms with Crippen molar-refractivity contribution in [3.63, 3.8) is 0 Å². The van der Waals surface area contributed by atoms with Crippen LogP contribution in [0.5, 0.6) is 0 Å². The molecule has 0 spiro atoms. The quantitative estimate of drug-likeness (QED) is 0.0384. The van der Waals surface area contributed by atoms with Gasteiger partial charge in [0.25, 0.3) is 0 Å². The SMILES string of the molecule is CC/C=C/C=C/C=C/C=C/CCCCCC(=O)OCC(COCCC(C(=O)O)[N+](C)(C)C)OC(=O)CCCCCCCCCC. The number of hydrogen-bond acceptors (Lipinski definition) is 6. The second-order valence-corrected chi connectivity index (χ2v) is 12.5. The molecular formula is C37H64NO7+. The molecule has 0 amide bonds. The topological polar surface area (TPSA) is 99.1 Å². The normalized spacial score (nSPS) is 13.7. The summed E-state index contributed by atoms with van der Waals surface area (Å²) in [4.78, 5) is 36.5. The molecule has 0 heterocycles. The zero-order valence-electron chi connectivity index (χ0n) is 29.1. The Labute approximate surface area is 274 Å². The maximum atomic E-state index is 12.5. The third-order valence-corrected chi connectivity index (χ3v) is 7.34. The summed E-state index contributed by atoms with van der Waals surface area (Å²) in [6, 6.07) is -0.618. The van der Waals surface area contributed by atoms with Gasteiger partial charge in [-0.15, -0.1) is 0 Å². The summed E-state index contributed by atoms with van der Waals surface area (Å²) in [5.74, 6) is -1.53. The van der Waals surface area contributed by atoms with Crippen LogP contribution in [-0.2, 0) is 28.6 Å². The van der Waals surface area contributed by atoms with Gasteiger partial charge in [0.1, 0.15) is 6.61 Å². The van der Waals surface area contributed by atoms with E-state index in [2.05, 4.69) is 26.0 Å². The van der Waals surface area contributed by atoms with Crippen LogP contribution in [-0.4, -0.2) is 80.6 Å². The van der Waals surface area contributed by atoms with E-state index in [0.717, 1.165) is 51.4 Å². The van der Waals surface area contributed by atoms with Gasteiger partial charge in [-0.3, -0.25) is 9.59 Å². The molecule has 0 aliphatic rings. The van der Waals surface area contributed by atoms with Gasteiger partial charge in [-0.1, -0.05) is 114 Å². The molecule has 0 aromatic carbocycles. The number of rotatable bonds is 29. The minimum Gasteiger partial charge on any atom is -0.477 e. The van der Waals surface area contributed by atoms with Crippen molar-refractivity contribution in [1.29, 1.82) is 0 Å². The van der Waals surface area contributed by atoms with Crippen molar-refractivity contribution >= 4 is 17.9 Å². The van der Waals surface area contributed by atoms with Crippen molar-refractivity contribution in [3.05, 3.63) is 48.6 Å². The van der Waals surface area contributed by atoms with E-state index in [1.54, 1.807) is 0 Å². The van der Waals surface area contributed by atoms with Crippen LogP contribution in [0, 0.1) is 0 Å². The van der Waals surface area contributed by atoms with E-state index >= 15 is 0 Å². The molecule has 0 radical (unpaired) electrons. The Hall–Kier alpha value is -2.71. The highest BCUT2D eigenvalue weighted by molar-refractivity contribution is 5.72. The van der Waals surface area contributed by atoms with Crippen molar-refractivity contribution in [3.8, 4) is 0 Å². The maximum absolute atomic E-state index is 12.5. The average Bonchev–Trinajstić information content (AvgIpc) is 2.98. The molecule has 1 N–H and O–H groups in total. The number of carboxylic acid groups (broad SMARTS) is 1. The summed E-state index contributed by atoms with van der Waals surface area (Å²) in [6.45, 7) is 4.48. The van der Waals surface area contributed by atoms with Crippen molar-refractivity contribution in [2.24, 2.45) is 0 Å². The van der Waals surface area contributed by atoms with Crippen LogP contribution in [0.4, 0.5) is 0 Å². The number of likely N-dealkylation sites (N-methyl/N-ethyl adjacent to an activating group) is 1. The number of carboxylic acids is 1. The summed E-state index contributed by atoms with van der Waals surface area (Å²) in [5, 5.41) is 9.54. The lowest BCUT2D eigenvalue weighted by Crippen LogP contribution is -2.50. The Balaban J connectivity index is 4.53. The monoisotopic (exact) mass is 634 g/mol. The molecule has 0 saturated carbocycles. The Morgan fingerprint density at radius 2 is 1.24 bits per heavy atom. The predicted octanol–water partition coefficient (Wildman–Crippen LogP) is 8.12. The Morgan fingerprint density at radius 1 is 0.689 bits per heavy atom. The Morgan fingerprint density at radius 3 is 1.84 bits per heavy atom. The summed E-state index contributed by atoms with van der Waals surface area (Å²) in [7, 11) is 5.49. The molecule has 2 atom stereocenters. The number of unbranched alkanes of at least 4 members (excludes halogenated alkanes) is 10. The van der Waals surface area contributed by atoms with Crippen molar-refractivity contribution in [2.45, 2.75) is 129 Å². The summed E-state index contributed by atoms with van der Waals surface area (Å²) in [6.07, 6.45) is 30.2. The molecule has 0 rings (SSSR count). The van der Waals surface area contributed by atoms with Gasteiger partial charge in [-0.25, -0.2) is 4.79 Å². The number of carbonyl (C=O) groups is 3. The smallest absolute Gasteiger partial charge is 0.362 e. The van der Waals surface area contributed by atoms with Crippen LogP contribution in [0.15, 0.2) is 48.6 Å². The third-order valence-electron chi connectivity index (χ3n) is 7.34. The minimum absolute atomic E-state index is 0.0476. The van der Waals surface area contributed by atoms with Crippen LogP contribution in [0.3, 0.4) is 0 Å². The molecule has 8 heteroatoms. The van der Waals surface area contributed by atoms with Crippen molar-refractivity contribution in [2.75, 3.05) is 41.0 Å². The molecule has 0 bridgehead atoms. The number of carbonyl (C=O) groups excluding carboxylic acids is 2. The number of quaternary nitrogens is 1. The molecule has 45 heavy (non-hydrogen) atoms. The first kappa shape index (κ1) is 42.3. The molecule has 8 nitrogen and oxygen atoms in total. The van der Waals surface area contributed by atoms with Crippen LogP contribution < -0.4 is 0 Å². The van der Waals surface area contributed by atoms with Gasteiger partial charge in [-0.2, -0.15) is 0 Å². The number of ether oxygens (including phenoxy) is 3. The van der Waals surface area contributed by atoms with Gasteiger partial charge in [-0.05, 0) is 32.1 Å². The molecule has 0 fully saturated rings. The standard InChI is InChI=1S/C37H63NO7/c1-6-8-10-12-14-16-17-18-19-20-22-23-25-27-35(39)44-32-33(31-43-30-29-34(37(41)42)38(3,4)5)45-36(40)28-26-24-21-15-13-11-9-7-2/h8,10,12,14,16-19,33-34H,6-7,9,11,13,15,20-32H2,1-5H3/p+1/b10-8+,14-12+,17-16+,19-18+. The molecular weight excluding hydrogens is 570 g/mol. The lowest BCUT2D eigenvalue weighted by Gasteiger charge is -2.31. The van der Waals surface area contributed by atoms with Gasteiger partial charge in [0.15, 0.2) is 12.1 Å². The fraction of sp³-hybridized carbons (Fsp3) is 0.703. The highest BCUT2D eigenvalue weighted by atomic mass is 16.6. The van der Waals surface area contributed by atoms with Gasteiger partial charge < -0.3 is 23.8 Å². The molecule has 0 saturated heterocycles. The van der Waals surface area contributed by atoms with Crippen LogP contribution in [0.1, 0.15) is 117 Å². The predicted molar refractivity (Wildman–Crippen MR) is 183 cm³/mol. The molecule has 2 unspecified atom stereocenters. The Bertz CT molecular complexity index is 886. The van der Waals surface area contributed by atoms with E-state index in [4.69, 9.17) is 14.2 Å². The van der Waals surface area contributed by atoms with E-state index in [1.165, 1.54) is 32.1 Å². The van der Waals surface area contributed by atoms with Crippen molar-refractivity contribution < 1.29 is 38.2 Å². The zero-order chi connectivity index (χ0) is 33.6. The third kappa shape index (κ3) is 27.3. The first-order valence-electron chi connectivity index (χ1n) is 17.2. The van der Waals surface area contributed by atoms with E-state index in [0.29, 0.717) is 19.3 Å². The molecule has 0 aromatic rings. The number of allylic oxidation sites excluding steroid dienone is 8. The molecule has 0 aromatic heterocycles. The minimum atomic E-state index is -0.885. The zero-order valence-corrected chi connectivity index (χ0v) is 29.1. The van der Waals surface area contributed by atoms with Gasteiger partial charge in [0, 0.05) is 19.3 Å². The summed E-state index contributed by atoms with van der Waals surface area (Å²) in [5.41, 5.74) is 0. The lowest BCUT2D eigenvalue weighted by atomic mass is 10.1. The molecule has 0 aliphatic carbocycles. The van der Waals surface area contributed by atoms with Crippen LogP contribution >= 0.6 is 0 Å². The fourth-order valence-electron chi connectivity index (χ4n) is 4.63. The number of hydrogen-bond donors (Lipinski definition) is 1. The maximum Gasteiger partial charge on any atom is 0.362 e. The second kappa shape index (κ2) is 28.7. The molecule has 0 aliphatic heterocycles. The summed E-state index contributed by atoms with van der Waals surface area (Å²) >= 11 is 0.